The average Bonchev–Trinajstić information content (AvgIpc) is 1.69. The standard InChI is InChI=1S/C3H10BNO2/c4-3-6-1-2-7-5/h1-5H2. The summed E-state index contributed by atoms with van der Waals surface area (Å²) in [5, 5.41) is 0. The summed E-state index contributed by atoms with van der Waals surface area (Å²) >= 11 is 0. The number of rotatable bonds is 4. The third-order valence-electron chi connectivity index (χ3n) is 0.550. The second-order valence-corrected chi connectivity index (χ2v) is 1.07. The lowest BCUT2D eigenvalue weighted by Gasteiger charge is -1.95. The maximum atomic E-state index is 4.87. The van der Waals surface area contributed by atoms with Gasteiger partial charge in [0.25, 0.3) is 0 Å². The SMILES string of the molecule is BCOCCON. The van der Waals surface area contributed by atoms with Crippen molar-refractivity contribution < 1.29 is 9.57 Å². The Morgan fingerprint density at radius 3 is 2.57 bits per heavy atom. The van der Waals surface area contributed by atoms with Gasteiger partial charge in [0.05, 0.1) is 13.2 Å². The summed E-state index contributed by atoms with van der Waals surface area (Å²) in [6.07, 6.45) is 0. The Morgan fingerprint density at radius 1 is 1.43 bits per heavy atom. The Bertz CT molecular complexity index is 32.1. The second-order valence-electron chi connectivity index (χ2n) is 1.07. The van der Waals surface area contributed by atoms with Crippen molar-refractivity contribution in [3.8, 4) is 0 Å². The average molecular weight is 103 g/mol. The zero-order chi connectivity index (χ0) is 5.54. The third-order valence-corrected chi connectivity index (χ3v) is 0.550. The van der Waals surface area contributed by atoms with Crippen LogP contribution in [-0.4, -0.2) is 27.6 Å². The van der Waals surface area contributed by atoms with E-state index in [0.29, 0.717) is 13.2 Å². The lowest BCUT2D eigenvalue weighted by molar-refractivity contribution is 0.0646. The first-order chi connectivity index (χ1) is 3.41. The lowest BCUT2D eigenvalue weighted by atomic mass is 10.2. The van der Waals surface area contributed by atoms with Crippen LogP contribution in [0.1, 0.15) is 0 Å². The summed E-state index contributed by atoms with van der Waals surface area (Å²) < 4.78 is 4.87. The molecule has 0 heterocycles. The predicted molar refractivity (Wildman–Crippen MR) is 29.5 cm³/mol. The molecule has 0 aromatic heterocycles. The first-order valence-corrected chi connectivity index (χ1v) is 2.31. The fourth-order valence-electron chi connectivity index (χ4n) is 0.251. The fourth-order valence-corrected chi connectivity index (χ4v) is 0.251. The molecular weight excluding hydrogens is 92.8 g/mol. The first-order valence-electron chi connectivity index (χ1n) is 2.31. The molecule has 0 aromatic rings. The molecule has 7 heavy (non-hydrogen) atoms. The minimum absolute atomic E-state index is 0.480. The molecule has 0 radical (unpaired) electrons. The van der Waals surface area contributed by atoms with Crippen LogP contribution in [0.25, 0.3) is 0 Å². The largest absolute Gasteiger partial charge is 0.388 e. The monoisotopic (exact) mass is 103 g/mol. The van der Waals surface area contributed by atoms with Gasteiger partial charge < -0.3 is 9.57 Å². The zero-order valence-electron chi connectivity index (χ0n) is 4.52. The van der Waals surface area contributed by atoms with Gasteiger partial charge in [-0.25, -0.2) is 5.90 Å². The van der Waals surface area contributed by atoms with Crippen molar-refractivity contribution in [2.24, 2.45) is 5.90 Å². The molecule has 0 rings (SSSR count). The minimum atomic E-state index is 0.480. The van der Waals surface area contributed by atoms with E-state index in [1.165, 1.54) is 0 Å². The highest BCUT2D eigenvalue weighted by Gasteiger charge is 1.78. The number of hydrogen-bond acceptors (Lipinski definition) is 3. The van der Waals surface area contributed by atoms with Crippen LogP contribution in [0.15, 0.2) is 0 Å². The molecule has 42 valence electrons. The highest BCUT2D eigenvalue weighted by Crippen LogP contribution is 1.67. The highest BCUT2D eigenvalue weighted by molar-refractivity contribution is 6.08. The molecule has 0 aromatic carbocycles. The highest BCUT2D eigenvalue weighted by atomic mass is 16.6. The summed E-state index contributed by atoms with van der Waals surface area (Å²) in [7, 11) is 1.93. The summed E-state index contributed by atoms with van der Waals surface area (Å²) in [6, 6.07) is 0. The van der Waals surface area contributed by atoms with Crippen molar-refractivity contribution in [1.82, 2.24) is 0 Å². The van der Waals surface area contributed by atoms with E-state index in [-0.39, 0.29) is 0 Å². The van der Waals surface area contributed by atoms with Crippen molar-refractivity contribution in [1.29, 1.82) is 0 Å². The molecule has 0 aliphatic carbocycles. The van der Waals surface area contributed by atoms with Gasteiger partial charge in [-0.2, -0.15) is 0 Å². The summed E-state index contributed by atoms with van der Waals surface area (Å²) in [4.78, 5) is 4.22. The molecule has 4 heteroatoms. The Labute approximate surface area is 44.1 Å². The molecule has 0 fully saturated rings. The van der Waals surface area contributed by atoms with Crippen LogP contribution < -0.4 is 5.90 Å². The summed E-state index contributed by atoms with van der Waals surface area (Å²) in [6.45, 7) is 1.80. The van der Waals surface area contributed by atoms with E-state index in [4.69, 9.17) is 4.74 Å². The molecule has 0 amide bonds. The molecule has 0 saturated carbocycles. The molecule has 0 unspecified atom stereocenters. The van der Waals surface area contributed by atoms with Gasteiger partial charge in [0.2, 0.25) is 0 Å². The van der Waals surface area contributed by atoms with Crippen molar-refractivity contribution in [3.05, 3.63) is 0 Å². The molecule has 0 atom stereocenters. The molecule has 2 N–H and O–H groups in total. The molecule has 0 aliphatic heterocycles. The van der Waals surface area contributed by atoms with E-state index in [9.17, 15) is 0 Å². The normalized spacial score (nSPS) is 9.29. The van der Waals surface area contributed by atoms with E-state index < -0.39 is 0 Å². The lowest BCUT2D eigenvalue weighted by Crippen LogP contribution is -2.08. The molecular formula is C3H10BNO2. The zero-order valence-corrected chi connectivity index (χ0v) is 4.52. The molecule has 0 aliphatic rings. The van der Waals surface area contributed by atoms with E-state index in [0.717, 1.165) is 6.51 Å². The first kappa shape index (κ1) is 6.94. The van der Waals surface area contributed by atoms with Crippen molar-refractivity contribution in [2.75, 3.05) is 19.7 Å². The number of hydrogen-bond donors (Lipinski definition) is 1. The van der Waals surface area contributed by atoms with Crippen LogP contribution in [0.4, 0.5) is 0 Å². The Kier molecular flexibility index (Phi) is 5.90. The van der Waals surface area contributed by atoms with Crippen LogP contribution in [0.2, 0.25) is 0 Å². The van der Waals surface area contributed by atoms with Crippen LogP contribution in [0.5, 0.6) is 0 Å². The van der Waals surface area contributed by atoms with Gasteiger partial charge in [-0.15, -0.1) is 0 Å². The van der Waals surface area contributed by atoms with Crippen molar-refractivity contribution in [3.63, 3.8) is 0 Å². The quantitative estimate of drug-likeness (QED) is 0.267. The minimum Gasteiger partial charge on any atom is -0.388 e. The van der Waals surface area contributed by atoms with Gasteiger partial charge in [0, 0.05) is 6.51 Å². The van der Waals surface area contributed by atoms with Gasteiger partial charge in [-0.1, -0.05) is 0 Å². The van der Waals surface area contributed by atoms with Crippen LogP contribution in [0, 0.1) is 0 Å². The van der Waals surface area contributed by atoms with Crippen LogP contribution in [-0.2, 0) is 9.57 Å². The summed E-state index contributed by atoms with van der Waals surface area (Å²) in [5.41, 5.74) is 0. The number of ether oxygens (including phenoxy) is 1. The van der Waals surface area contributed by atoms with Gasteiger partial charge in [0.1, 0.15) is 7.85 Å². The molecule has 3 nitrogen and oxygen atoms in total. The Morgan fingerprint density at radius 2 is 2.14 bits per heavy atom. The third kappa shape index (κ3) is 5.94. The molecule has 0 spiro atoms. The van der Waals surface area contributed by atoms with E-state index in [1.807, 2.05) is 7.85 Å². The maximum absolute atomic E-state index is 4.87. The van der Waals surface area contributed by atoms with E-state index in [1.54, 1.807) is 0 Å². The molecule has 0 bridgehead atoms. The van der Waals surface area contributed by atoms with Gasteiger partial charge >= 0.3 is 0 Å². The number of nitrogens with two attached hydrogens (primary N) is 1. The van der Waals surface area contributed by atoms with Crippen molar-refractivity contribution in [2.45, 2.75) is 0 Å². The molecule has 0 saturated heterocycles. The summed E-state index contributed by atoms with van der Waals surface area (Å²) in [5.74, 6) is 4.69. The fraction of sp³-hybridized carbons (Fsp3) is 1.00. The van der Waals surface area contributed by atoms with Crippen LogP contribution >= 0.6 is 0 Å². The topological polar surface area (TPSA) is 44.5 Å². The second kappa shape index (κ2) is 5.94. The Hall–Kier alpha value is -0.0551. The van der Waals surface area contributed by atoms with Gasteiger partial charge in [0.15, 0.2) is 0 Å². The predicted octanol–water partition coefficient (Wildman–Crippen LogP) is -1.52. The van der Waals surface area contributed by atoms with Crippen LogP contribution in [0.3, 0.4) is 0 Å². The van der Waals surface area contributed by atoms with Gasteiger partial charge in [-0.05, 0) is 0 Å². The van der Waals surface area contributed by atoms with E-state index >= 15 is 0 Å². The van der Waals surface area contributed by atoms with Crippen molar-refractivity contribution >= 4 is 7.85 Å². The maximum Gasteiger partial charge on any atom is 0.135 e. The Balaban J connectivity index is 2.45. The van der Waals surface area contributed by atoms with E-state index in [2.05, 4.69) is 10.7 Å². The smallest absolute Gasteiger partial charge is 0.135 e. The van der Waals surface area contributed by atoms with Gasteiger partial charge in [-0.3, -0.25) is 0 Å².